The van der Waals surface area contributed by atoms with Crippen LogP contribution >= 0.6 is 0 Å². The normalized spacial score (nSPS) is 11.5. The van der Waals surface area contributed by atoms with Crippen LogP contribution in [0.5, 0.6) is 11.5 Å². The van der Waals surface area contributed by atoms with Gasteiger partial charge in [0.1, 0.15) is 0 Å². The van der Waals surface area contributed by atoms with Gasteiger partial charge in [0.2, 0.25) is 18.6 Å². The van der Waals surface area contributed by atoms with Crippen LogP contribution in [0, 0.1) is 11.3 Å². The highest BCUT2D eigenvalue weighted by Crippen LogP contribution is 2.35. The molecule has 2 aromatic rings. The summed E-state index contributed by atoms with van der Waals surface area (Å²) in [5.74, 6) is 0.786. The molecular formula is C19H17N3O4. The zero-order valence-electron chi connectivity index (χ0n) is 14.2. The highest BCUT2D eigenvalue weighted by atomic mass is 16.7. The second kappa shape index (κ2) is 7.57. The minimum atomic E-state index is -0.243. The van der Waals surface area contributed by atoms with E-state index in [9.17, 15) is 9.59 Å². The second-order valence-electron chi connectivity index (χ2n) is 5.70. The molecule has 132 valence electrons. The first-order valence-corrected chi connectivity index (χ1v) is 8.04. The zero-order valence-corrected chi connectivity index (χ0v) is 14.2. The van der Waals surface area contributed by atoms with E-state index in [-0.39, 0.29) is 31.6 Å². The number of nitrogens with zero attached hydrogens (tertiary/aromatic N) is 2. The van der Waals surface area contributed by atoms with E-state index in [0.717, 1.165) is 0 Å². The molecule has 0 aromatic heterocycles. The molecule has 0 atom stereocenters. The summed E-state index contributed by atoms with van der Waals surface area (Å²) in [4.78, 5) is 25.7. The molecule has 2 amide bonds. The largest absolute Gasteiger partial charge is 0.454 e. The van der Waals surface area contributed by atoms with E-state index in [1.54, 1.807) is 42.5 Å². The second-order valence-corrected chi connectivity index (χ2v) is 5.70. The number of fused-ring (bicyclic) bond motifs is 1. The fourth-order valence-corrected chi connectivity index (χ4v) is 2.62. The van der Waals surface area contributed by atoms with Gasteiger partial charge in [-0.3, -0.25) is 9.59 Å². The third-order valence-electron chi connectivity index (χ3n) is 3.89. The van der Waals surface area contributed by atoms with Crippen LogP contribution in [-0.4, -0.2) is 25.2 Å². The summed E-state index contributed by atoms with van der Waals surface area (Å²) in [5, 5.41) is 11.6. The van der Waals surface area contributed by atoms with Crippen molar-refractivity contribution in [3.8, 4) is 17.6 Å². The summed E-state index contributed by atoms with van der Waals surface area (Å²) >= 11 is 0. The fraction of sp³-hybridized carbons (Fsp3) is 0.211. The van der Waals surface area contributed by atoms with Crippen LogP contribution in [0.2, 0.25) is 0 Å². The minimum Gasteiger partial charge on any atom is -0.454 e. The lowest BCUT2D eigenvalue weighted by Crippen LogP contribution is -2.31. The van der Waals surface area contributed by atoms with Crippen LogP contribution < -0.4 is 19.7 Å². The minimum absolute atomic E-state index is 0.116. The molecule has 1 heterocycles. The van der Waals surface area contributed by atoms with E-state index < -0.39 is 0 Å². The molecule has 0 radical (unpaired) electrons. The standard InChI is InChI=1S/C19H17N3O4/c1-13(23)22(16-5-6-17-18(10-16)26-12-25-17)8-7-19(24)21-15-4-2-3-14(9-15)11-20/h2-6,9-10H,7-8,12H2,1H3,(H,21,24). The number of ether oxygens (including phenoxy) is 2. The number of benzene rings is 2. The number of carbonyl (C=O) groups excluding carboxylic acids is 2. The SMILES string of the molecule is CC(=O)N(CCC(=O)Nc1cccc(C#N)c1)c1ccc2c(c1)OCO2. The molecule has 7 heteroatoms. The number of hydrogen-bond acceptors (Lipinski definition) is 5. The highest BCUT2D eigenvalue weighted by Gasteiger charge is 2.19. The lowest BCUT2D eigenvalue weighted by molar-refractivity contribution is -0.117. The number of anilines is 2. The number of hydrogen-bond donors (Lipinski definition) is 1. The van der Waals surface area contributed by atoms with Gasteiger partial charge in [-0.2, -0.15) is 5.26 Å². The summed E-state index contributed by atoms with van der Waals surface area (Å²) in [6.45, 7) is 1.82. The van der Waals surface area contributed by atoms with Crippen LogP contribution in [0.1, 0.15) is 18.9 Å². The highest BCUT2D eigenvalue weighted by molar-refractivity contribution is 5.95. The van der Waals surface area contributed by atoms with Crippen LogP contribution in [-0.2, 0) is 9.59 Å². The lowest BCUT2D eigenvalue weighted by atomic mass is 10.2. The summed E-state index contributed by atoms with van der Waals surface area (Å²) < 4.78 is 10.6. The van der Waals surface area contributed by atoms with Crippen molar-refractivity contribution in [3.63, 3.8) is 0 Å². The lowest BCUT2D eigenvalue weighted by Gasteiger charge is -2.21. The Balaban J connectivity index is 1.64. The number of amides is 2. The van der Waals surface area contributed by atoms with Crippen molar-refractivity contribution >= 4 is 23.2 Å². The maximum absolute atomic E-state index is 12.2. The molecule has 0 fully saturated rings. The van der Waals surface area contributed by atoms with Crippen LogP contribution in [0.4, 0.5) is 11.4 Å². The topological polar surface area (TPSA) is 91.7 Å². The van der Waals surface area contributed by atoms with Crippen LogP contribution in [0.25, 0.3) is 0 Å². The Morgan fingerprint density at radius 3 is 2.77 bits per heavy atom. The molecule has 1 aliphatic heterocycles. The van der Waals surface area contributed by atoms with E-state index in [1.165, 1.54) is 11.8 Å². The first-order valence-electron chi connectivity index (χ1n) is 8.04. The molecule has 0 saturated heterocycles. The molecule has 7 nitrogen and oxygen atoms in total. The first kappa shape index (κ1) is 17.3. The molecule has 0 saturated carbocycles. The number of rotatable bonds is 5. The predicted molar refractivity (Wildman–Crippen MR) is 95.0 cm³/mol. The molecule has 0 unspecified atom stereocenters. The Morgan fingerprint density at radius 1 is 1.19 bits per heavy atom. The third kappa shape index (κ3) is 3.92. The van der Waals surface area contributed by atoms with E-state index >= 15 is 0 Å². The van der Waals surface area contributed by atoms with E-state index in [1.807, 2.05) is 6.07 Å². The molecule has 1 N–H and O–H groups in total. The number of carbonyl (C=O) groups is 2. The van der Waals surface area contributed by atoms with Crippen molar-refractivity contribution in [2.24, 2.45) is 0 Å². The molecule has 2 aromatic carbocycles. The van der Waals surface area contributed by atoms with Gasteiger partial charge in [0, 0.05) is 37.3 Å². The Kier molecular flexibility index (Phi) is 5.04. The maximum Gasteiger partial charge on any atom is 0.231 e. The van der Waals surface area contributed by atoms with E-state index in [0.29, 0.717) is 28.4 Å². The Hall–Kier alpha value is -3.53. The Morgan fingerprint density at radius 2 is 2.00 bits per heavy atom. The third-order valence-corrected chi connectivity index (χ3v) is 3.89. The molecule has 3 rings (SSSR count). The van der Waals surface area contributed by atoms with Crippen molar-refractivity contribution in [3.05, 3.63) is 48.0 Å². The summed E-state index contributed by atoms with van der Waals surface area (Å²) in [6, 6.07) is 13.9. The predicted octanol–water partition coefficient (Wildman–Crippen LogP) is 2.67. The van der Waals surface area contributed by atoms with Crippen LogP contribution in [0.3, 0.4) is 0 Å². The van der Waals surface area contributed by atoms with Gasteiger partial charge in [0.05, 0.1) is 11.6 Å². The van der Waals surface area contributed by atoms with E-state index in [4.69, 9.17) is 14.7 Å². The molecule has 0 aliphatic carbocycles. The van der Waals surface area contributed by atoms with Crippen molar-refractivity contribution in [2.45, 2.75) is 13.3 Å². The van der Waals surface area contributed by atoms with Crippen molar-refractivity contribution in [2.75, 3.05) is 23.6 Å². The smallest absolute Gasteiger partial charge is 0.231 e. The quantitative estimate of drug-likeness (QED) is 0.894. The maximum atomic E-state index is 12.2. The van der Waals surface area contributed by atoms with Gasteiger partial charge >= 0.3 is 0 Å². The Bertz CT molecular complexity index is 889. The van der Waals surface area contributed by atoms with Crippen molar-refractivity contribution in [1.82, 2.24) is 0 Å². The average Bonchev–Trinajstić information content (AvgIpc) is 3.09. The summed E-state index contributed by atoms with van der Waals surface area (Å²) in [7, 11) is 0. The first-order chi connectivity index (χ1) is 12.6. The molecule has 26 heavy (non-hydrogen) atoms. The van der Waals surface area contributed by atoms with E-state index in [2.05, 4.69) is 5.32 Å². The van der Waals surface area contributed by atoms with Gasteiger partial charge in [-0.1, -0.05) is 6.07 Å². The van der Waals surface area contributed by atoms with Gasteiger partial charge in [0.15, 0.2) is 11.5 Å². The molecule has 0 bridgehead atoms. The van der Waals surface area contributed by atoms with Crippen molar-refractivity contribution < 1.29 is 19.1 Å². The number of nitriles is 1. The molecule has 1 aliphatic rings. The summed E-state index contributed by atoms with van der Waals surface area (Å²) in [6.07, 6.45) is 0.116. The molecule has 0 spiro atoms. The van der Waals surface area contributed by atoms with Crippen LogP contribution in [0.15, 0.2) is 42.5 Å². The summed E-state index contributed by atoms with van der Waals surface area (Å²) in [5.41, 5.74) is 1.65. The average molecular weight is 351 g/mol. The molecular weight excluding hydrogens is 334 g/mol. The zero-order chi connectivity index (χ0) is 18.5. The van der Waals surface area contributed by atoms with Gasteiger partial charge in [-0.15, -0.1) is 0 Å². The van der Waals surface area contributed by atoms with Gasteiger partial charge in [-0.25, -0.2) is 0 Å². The monoisotopic (exact) mass is 351 g/mol. The van der Waals surface area contributed by atoms with Crippen molar-refractivity contribution in [1.29, 1.82) is 5.26 Å². The van der Waals surface area contributed by atoms with Gasteiger partial charge < -0.3 is 19.7 Å². The van der Waals surface area contributed by atoms with Gasteiger partial charge in [0.25, 0.3) is 0 Å². The number of nitrogens with one attached hydrogen (secondary N) is 1. The Labute approximate surface area is 150 Å². The van der Waals surface area contributed by atoms with Gasteiger partial charge in [-0.05, 0) is 30.3 Å². The fourth-order valence-electron chi connectivity index (χ4n) is 2.62.